The van der Waals surface area contributed by atoms with Crippen molar-refractivity contribution in [2.45, 2.75) is 20.3 Å². The normalized spacial score (nSPS) is 14.8. The highest BCUT2D eigenvalue weighted by Crippen LogP contribution is 2.33. The summed E-state index contributed by atoms with van der Waals surface area (Å²) in [5.41, 5.74) is 4.51. The molecule has 0 bridgehead atoms. The molecule has 1 nitrogen and oxygen atoms in total. The lowest BCUT2D eigenvalue weighted by atomic mass is 10.0. The number of benzene rings is 1. The first-order chi connectivity index (χ1) is 7.24. The number of allylic oxidation sites excluding steroid dienone is 4. The van der Waals surface area contributed by atoms with Crippen LogP contribution >= 0.6 is 0 Å². The van der Waals surface area contributed by atoms with Gasteiger partial charge >= 0.3 is 0 Å². The highest BCUT2D eigenvalue weighted by atomic mass is 16.1. The minimum absolute atomic E-state index is 0.180. The van der Waals surface area contributed by atoms with Crippen LogP contribution < -0.4 is 0 Å². The molecule has 0 spiro atoms. The molecule has 0 amide bonds. The highest BCUT2D eigenvalue weighted by molar-refractivity contribution is 6.06. The first kappa shape index (κ1) is 9.91. The van der Waals surface area contributed by atoms with Gasteiger partial charge in [0.25, 0.3) is 0 Å². The summed E-state index contributed by atoms with van der Waals surface area (Å²) in [4.78, 5) is 11.5. The number of rotatable bonds is 2. The fourth-order valence-corrected chi connectivity index (χ4v) is 2.06. The average molecular weight is 198 g/mol. The van der Waals surface area contributed by atoms with Gasteiger partial charge in [0.1, 0.15) is 0 Å². The fraction of sp³-hybridized carbons (Fsp3) is 0.214. The van der Waals surface area contributed by atoms with Gasteiger partial charge in [0.2, 0.25) is 0 Å². The van der Waals surface area contributed by atoms with Crippen molar-refractivity contribution in [1.29, 1.82) is 0 Å². The van der Waals surface area contributed by atoms with Crippen LogP contribution in [0.25, 0.3) is 5.57 Å². The van der Waals surface area contributed by atoms with Crippen LogP contribution in [0.15, 0.2) is 42.0 Å². The molecule has 0 saturated carbocycles. The zero-order chi connectivity index (χ0) is 10.8. The number of hydrogen-bond acceptors (Lipinski definition) is 1. The van der Waals surface area contributed by atoms with E-state index in [4.69, 9.17) is 0 Å². The van der Waals surface area contributed by atoms with Crippen molar-refractivity contribution in [1.82, 2.24) is 0 Å². The monoisotopic (exact) mass is 198 g/mol. The molecule has 0 heterocycles. The minimum Gasteiger partial charge on any atom is -0.295 e. The summed E-state index contributed by atoms with van der Waals surface area (Å²) in [7, 11) is 0. The quantitative estimate of drug-likeness (QED) is 0.713. The van der Waals surface area contributed by atoms with Gasteiger partial charge in [-0.15, -0.1) is 0 Å². The van der Waals surface area contributed by atoms with E-state index in [1.54, 1.807) is 6.92 Å². The number of hydrogen-bond donors (Lipinski definition) is 0. The van der Waals surface area contributed by atoms with Gasteiger partial charge in [-0.3, -0.25) is 4.79 Å². The Hall–Kier alpha value is -1.63. The molecule has 0 aromatic heterocycles. The van der Waals surface area contributed by atoms with Gasteiger partial charge in [0.15, 0.2) is 5.78 Å². The molecule has 1 heteroatoms. The van der Waals surface area contributed by atoms with Gasteiger partial charge in [0.05, 0.1) is 0 Å². The molecular weight excluding hydrogens is 184 g/mol. The SMILES string of the molecule is C/C=C/C1=C(C(C)=O)Cc2ccccc21. The Balaban J connectivity index is 2.57. The van der Waals surface area contributed by atoms with Gasteiger partial charge in [-0.25, -0.2) is 0 Å². The van der Waals surface area contributed by atoms with E-state index in [0.717, 1.165) is 17.6 Å². The van der Waals surface area contributed by atoms with Gasteiger partial charge in [-0.1, -0.05) is 36.4 Å². The molecule has 0 fully saturated rings. The fourth-order valence-electron chi connectivity index (χ4n) is 2.06. The Bertz CT molecular complexity index is 464. The van der Waals surface area contributed by atoms with E-state index in [0.29, 0.717) is 0 Å². The van der Waals surface area contributed by atoms with Gasteiger partial charge in [-0.05, 0) is 30.5 Å². The molecule has 1 aliphatic rings. The maximum Gasteiger partial charge on any atom is 0.156 e. The van der Waals surface area contributed by atoms with Crippen molar-refractivity contribution in [3.05, 3.63) is 53.1 Å². The van der Waals surface area contributed by atoms with Crippen LogP contribution in [0.5, 0.6) is 0 Å². The standard InChI is InChI=1S/C14H14O/c1-3-6-13-12-8-5-4-7-11(12)9-14(13)10(2)15/h3-8H,9H2,1-2H3/b6-3+. The van der Waals surface area contributed by atoms with Crippen LogP contribution in [0, 0.1) is 0 Å². The summed E-state index contributed by atoms with van der Waals surface area (Å²) in [6, 6.07) is 8.22. The van der Waals surface area contributed by atoms with Gasteiger partial charge in [-0.2, -0.15) is 0 Å². The number of carbonyl (C=O) groups excluding carboxylic acids is 1. The van der Waals surface area contributed by atoms with E-state index in [2.05, 4.69) is 12.1 Å². The largest absolute Gasteiger partial charge is 0.295 e. The topological polar surface area (TPSA) is 17.1 Å². The molecule has 0 aliphatic heterocycles. The maximum absolute atomic E-state index is 11.5. The predicted octanol–water partition coefficient (Wildman–Crippen LogP) is 3.16. The Labute approximate surface area is 90.1 Å². The lowest BCUT2D eigenvalue weighted by molar-refractivity contribution is -0.113. The summed E-state index contributed by atoms with van der Waals surface area (Å²) in [5.74, 6) is 0.180. The van der Waals surface area contributed by atoms with Crippen LogP contribution in [0.2, 0.25) is 0 Å². The van der Waals surface area contributed by atoms with E-state index in [9.17, 15) is 4.79 Å². The van der Waals surface area contributed by atoms with Crippen molar-refractivity contribution >= 4 is 11.4 Å². The molecule has 0 saturated heterocycles. The van der Waals surface area contributed by atoms with Gasteiger partial charge in [0, 0.05) is 12.0 Å². The molecule has 2 rings (SSSR count). The Morgan fingerprint density at radius 3 is 2.73 bits per heavy atom. The van der Waals surface area contributed by atoms with Crippen molar-refractivity contribution in [3.63, 3.8) is 0 Å². The number of ketones is 1. The molecule has 15 heavy (non-hydrogen) atoms. The summed E-state index contributed by atoms with van der Waals surface area (Å²) in [6.07, 6.45) is 4.80. The van der Waals surface area contributed by atoms with E-state index in [1.165, 1.54) is 11.1 Å². The minimum atomic E-state index is 0.180. The zero-order valence-electron chi connectivity index (χ0n) is 9.08. The second kappa shape index (κ2) is 3.85. The van der Waals surface area contributed by atoms with Crippen molar-refractivity contribution in [2.24, 2.45) is 0 Å². The smallest absolute Gasteiger partial charge is 0.156 e. The number of Topliss-reactive ketones (excluding diaryl/α,β-unsaturated/α-hetero) is 1. The van der Waals surface area contributed by atoms with Crippen LogP contribution in [0.3, 0.4) is 0 Å². The second-order valence-electron chi connectivity index (χ2n) is 3.78. The molecule has 1 aliphatic carbocycles. The third-order valence-electron chi connectivity index (χ3n) is 2.76. The van der Waals surface area contributed by atoms with Crippen LogP contribution in [-0.4, -0.2) is 5.78 Å². The molecule has 0 radical (unpaired) electrons. The van der Waals surface area contributed by atoms with Crippen LogP contribution in [0.1, 0.15) is 25.0 Å². The zero-order valence-corrected chi connectivity index (χ0v) is 9.08. The highest BCUT2D eigenvalue weighted by Gasteiger charge is 2.21. The third-order valence-corrected chi connectivity index (χ3v) is 2.76. The van der Waals surface area contributed by atoms with Gasteiger partial charge < -0.3 is 0 Å². The van der Waals surface area contributed by atoms with E-state index in [1.807, 2.05) is 31.2 Å². The molecule has 0 N–H and O–H groups in total. The molecule has 0 unspecified atom stereocenters. The Morgan fingerprint density at radius 2 is 2.07 bits per heavy atom. The number of fused-ring (bicyclic) bond motifs is 1. The van der Waals surface area contributed by atoms with Crippen LogP contribution in [-0.2, 0) is 11.2 Å². The molecule has 1 aromatic carbocycles. The Kier molecular flexibility index (Phi) is 2.55. The summed E-state index contributed by atoms with van der Waals surface area (Å²) in [6.45, 7) is 3.62. The van der Waals surface area contributed by atoms with E-state index < -0.39 is 0 Å². The Morgan fingerprint density at radius 1 is 1.33 bits per heavy atom. The summed E-state index contributed by atoms with van der Waals surface area (Å²) < 4.78 is 0. The summed E-state index contributed by atoms with van der Waals surface area (Å²) >= 11 is 0. The predicted molar refractivity (Wildman–Crippen MR) is 62.6 cm³/mol. The summed E-state index contributed by atoms with van der Waals surface area (Å²) in [5, 5.41) is 0. The molecule has 76 valence electrons. The van der Waals surface area contributed by atoms with Crippen molar-refractivity contribution < 1.29 is 4.79 Å². The maximum atomic E-state index is 11.5. The molecule has 1 aromatic rings. The first-order valence-electron chi connectivity index (χ1n) is 5.19. The third kappa shape index (κ3) is 1.65. The number of carbonyl (C=O) groups is 1. The lowest BCUT2D eigenvalue weighted by Crippen LogP contribution is -1.96. The lowest BCUT2D eigenvalue weighted by Gasteiger charge is -2.00. The van der Waals surface area contributed by atoms with E-state index >= 15 is 0 Å². The van der Waals surface area contributed by atoms with E-state index in [-0.39, 0.29) is 5.78 Å². The first-order valence-corrected chi connectivity index (χ1v) is 5.19. The second-order valence-corrected chi connectivity index (χ2v) is 3.78. The molecular formula is C14H14O. The van der Waals surface area contributed by atoms with Crippen molar-refractivity contribution in [3.8, 4) is 0 Å². The van der Waals surface area contributed by atoms with Crippen molar-refractivity contribution in [2.75, 3.05) is 0 Å². The average Bonchev–Trinajstić information content (AvgIpc) is 2.58. The molecule has 0 atom stereocenters. The van der Waals surface area contributed by atoms with Crippen LogP contribution in [0.4, 0.5) is 0 Å².